The molecule has 1 aliphatic heterocycles. The molecule has 0 radical (unpaired) electrons. The van der Waals surface area contributed by atoms with Gasteiger partial charge in [0.25, 0.3) is 0 Å². The van der Waals surface area contributed by atoms with Gasteiger partial charge in [0.1, 0.15) is 0 Å². The number of aliphatic hydroxyl groups excluding tert-OH is 1. The molecular formula is C14H19NO2S. The van der Waals surface area contributed by atoms with Crippen LogP contribution in [0.5, 0.6) is 0 Å². The minimum absolute atomic E-state index is 0.0816. The molecule has 4 heteroatoms. The van der Waals surface area contributed by atoms with Crippen LogP contribution >= 0.6 is 12.6 Å². The first-order valence-corrected chi connectivity index (χ1v) is 6.84. The van der Waals surface area contributed by atoms with Crippen LogP contribution in [0, 0.1) is 5.92 Å². The lowest BCUT2D eigenvalue weighted by molar-refractivity contribution is -0.129. The Balaban J connectivity index is 1.89. The van der Waals surface area contributed by atoms with E-state index in [-0.39, 0.29) is 23.7 Å². The predicted octanol–water partition coefficient (Wildman–Crippen LogP) is 1.37. The lowest BCUT2D eigenvalue weighted by atomic mass is 10.1. The maximum atomic E-state index is 12.2. The zero-order valence-corrected chi connectivity index (χ0v) is 11.2. The van der Waals surface area contributed by atoms with Gasteiger partial charge in [0.15, 0.2) is 0 Å². The second-order valence-electron chi connectivity index (χ2n) is 4.83. The Morgan fingerprint density at radius 2 is 2.17 bits per heavy atom. The van der Waals surface area contributed by atoms with E-state index in [1.54, 1.807) is 0 Å². The minimum Gasteiger partial charge on any atom is -0.396 e. The highest BCUT2D eigenvalue weighted by Crippen LogP contribution is 2.19. The van der Waals surface area contributed by atoms with E-state index in [9.17, 15) is 4.79 Å². The average molecular weight is 265 g/mol. The molecule has 1 aromatic carbocycles. The molecule has 3 nitrogen and oxygen atoms in total. The molecule has 2 unspecified atom stereocenters. The fourth-order valence-corrected chi connectivity index (χ4v) is 2.69. The van der Waals surface area contributed by atoms with Crippen molar-refractivity contribution >= 4 is 18.5 Å². The molecule has 2 atom stereocenters. The van der Waals surface area contributed by atoms with Crippen molar-refractivity contribution in [3.05, 3.63) is 35.9 Å². The number of nitrogens with zero attached hydrogens (tertiary/aromatic N) is 1. The van der Waals surface area contributed by atoms with Crippen LogP contribution in [0.3, 0.4) is 0 Å². The van der Waals surface area contributed by atoms with Crippen molar-refractivity contribution in [2.24, 2.45) is 5.92 Å². The van der Waals surface area contributed by atoms with Gasteiger partial charge in [-0.1, -0.05) is 30.3 Å². The van der Waals surface area contributed by atoms with E-state index in [1.165, 1.54) is 0 Å². The number of rotatable bonds is 4. The molecule has 0 bridgehead atoms. The zero-order valence-electron chi connectivity index (χ0n) is 10.3. The predicted molar refractivity (Wildman–Crippen MR) is 74.7 cm³/mol. The Bertz CT molecular complexity index is 396. The van der Waals surface area contributed by atoms with Crippen LogP contribution in [0.25, 0.3) is 0 Å². The van der Waals surface area contributed by atoms with Gasteiger partial charge in [-0.3, -0.25) is 4.79 Å². The first kappa shape index (κ1) is 13.4. The van der Waals surface area contributed by atoms with Crippen molar-refractivity contribution in [1.29, 1.82) is 0 Å². The second-order valence-corrected chi connectivity index (χ2v) is 5.45. The van der Waals surface area contributed by atoms with Gasteiger partial charge in [-0.15, -0.1) is 0 Å². The molecular weight excluding hydrogens is 246 g/mol. The van der Waals surface area contributed by atoms with Crippen LogP contribution < -0.4 is 0 Å². The summed E-state index contributed by atoms with van der Waals surface area (Å²) in [6, 6.07) is 9.93. The molecule has 0 aromatic heterocycles. The summed E-state index contributed by atoms with van der Waals surface area (Å²) in [4.78, 5) is 14.0. The summed E-state index contributed by atoms with van der Waals surface area (Å²) in [5.41, 5.74) is 1.13. The van der Waals surface area contributed by atoms with Gasteiger partial charge >= 0.3 is 0 Å². The lowest BCUT2D eigenvalue weighted by Gasteiger charge is -2.20. The third-order valence-electron chi connectivity index (χ3n) is 3.41. The topological polar surface area (TPSA) is 40.5 Å². The SMILES string of the molecule is O=C(C(S)Cc1ccccc1)N1CCC(CO)C1. The van der Waals surface area contributed by atoms with Crippen molar-refractivity contribution in [2.45, 2.75) is 18.1 Å². The van der Waals surface area contributed by atoms with Crippen LogP contribution in [0.4, 0.5) is 0 Å². The Kier molecular flexibility index (Phi) is 4.66. The average Bonchev–Trinajstić information content (AvgIpc) is 2.87. The molecule has 2 rings (SSSR count). The lowest BCUT2D eigenvalue weighted by Crippen LogP contribution is -2.36. The fraction of sp³-hybridized carbons (Fsp3) is 0.500. The normalized spacial score (nSPS) is 21.0. The molecule has 0 aliphatic carbocycles. The van der Waals surface area contributed by atoms with E-state index in [0.29, 0.717) is 13.0 Å². The van der Waals surface area contributed by atoms with Crippen molar-refractivity contribution < 1.29 is 9.90 Å². The third kappa shape index (κ3) is 3.27. The quantitative estimate of drug-likeness (QED) is 0.807. The standard InChI is InChI=1S/C14H19NO2S/c16-10-12-6-7-15(9-12)14(17)13(18)8-11-4-2-1-3-5-11/h1-5,12-13,16,18H,6-10H2. The van der Waals surface area contributed by atoms with Gasteiger partial charge in [-0.05, 0) is 18.4 Å². The van der Waals surface area contributed by atoms with Gasteiger partial charge in [0, 0.05) is 25.6 Å². The number of hydrogen-bond acceptors (Lipinski definition) is 3. The van der Waals surface area contributed by atoms with Crippen molar-refractivity contribution in [1.82, 2.24) is 4.90 Å². The van der Waals surface area contributed by atoms with Crippen LogP contribution in [-0.4, -0.2) is 40.9 Å². The molecule has 1 fully saturated rings. The molecule has 1 aliphatic rings. The van der Waals surface area contributed by atoms with Crippen LogP contribution in [0.15, 0.2) is 30.3 Å². The summed E-state index contributed by atoms with van der Waals surface area (Å²) >= 11 is 4.42. The zero-order chi connectivity index (χ0) is 13.0. The monoisotopic (exact) mass is 265 g/mol. The Labute approximate surface area is 113 Å². The van der Waals surface area contributed by atoms with Crippen LogP contribution in [0.2, 0.25) is 0 Å². The highest BCUT2D eigenvalue weighted by atomic mass is 32.1. The van der Waals surface area contributed by atoms with Gasteiger partial charge < -0.3 is 10.0 Å². The molecule has 98 valence electrons. The number of hydrogen-bond donors (Lipinski definition) is 2. The third-order valence-corrected chi connectivity index (χ3v) is 3.82. The van der Waals surface area contributed by atoms with E-state index in [2.05, 4.69) is 12.6 Å². The van der Waals surface area contributed by atoms with Crippen molar-refractivity contribution in [3.8, 4) is 0 Å². The van der Waals surface area contributed by atoms with Crippen LogP contribution in [-0.2, 0) is 11.2 Å². The molecule has 18 heavy (non-hydrogen) atoms. The summed E-state index contributed by atoms with van der Waals surface area (Å²) in [5, 5.41) is 8.80. The van der Waals surface area contributed by atoms with Crippen LogP contribution in [0.1, 0.15) is 12.0 Å². The number of thiol groups is 1. The van der Waals surface area contributed by atoms with E-state index in [1.807, 2.05) is 35.2 Å². The van der Waals surface area contributed by atoms with E-state index >= 15 is 0 Å². The van der Waals surface area contributed by atoms with E-state index in [0.717, 1.165) is 18.5 Å². The highest BCUT2D eigenvalue weighted by Gasteiger charge is 2.28. The minimum atomic E-state index is -0.287. The summed E-state index contributed by atoms with van der Waals surface area (Å²) in [7, 11) is 0. The molecule has 1 heterocycles. The first-order valence-electron chi connectivity index (χ1n) is 6.32. The van der Waals surface area contributed by atoms with Gasteiger partial charge in [-0.25, -0.2) is 0 Å². The number of amides is 1. The second kappa shape index (κ2) is 6.25. The van der Waals surface area contributed by atoms with Gasteiger partial charge in [0.05, 0.1) is 5.25 Å². The molecule has 0 saturated carbocycles. The van der Waals surface area contributed by atoms with Gasteiger partial charge in [-0.2, -0.15) is 12.6 Å². The molecule has 1 saturated heterocycles. The maximum absolute atomic E-state index is 12.2. The van der Waals surface area contributed by atoms with E-state index in [4.69, 9.17) is 5.11 Å². The molecule has 1 amide bonds. The highest BCUT2D eigenvalue weighted by molar-refractivity contribution is 7.81. The molecule has 1 N–H and O–H groups in total. The molecule has 0 spiro atoms. The number of benzene rings is 1. The Morgan fingerprint density at radius 3 is 2.78 bits per heavy atom. The van der Waals surface area contributed by atoms with E-state index < -0.39 is 0 Å². The first-order chi connectivity index (χ1) is 8.70. The molecule has 1 aromatic rings. The Morgan fingerprint density at radius 1 is 1.44 bits per heavy atom. The smallest absolute Gasteiger partial charge is 0.235 e. The Hall–Kier alpha value is -1.00. The number of likely N-dealkylation sites (tertiary alicyclic amines) is 1. The fourth-order valence-electron chi connectivity index (χ4n) is 2.32. The van der Waals surface area contributed by atoms with Crippen molar-refractivity contribution in [3.63, 3.8) is 0 Å². The summed E-state index contributed by atoms with van der Waals surface area (Å²) in [5.74, 6) is 0.323. The number of carbonyl (C=O) groups excluding carboxylic acids is 1. The van der Waals surface area contributed by atoms with Crippen molar-refractivity contribution in [2.75, 3.05) is 19.7 Å². The van der Waals surface area contributed by atoms with Gasteiger partial charge in [0.2, 0.25) is 5.91 Å². The maximum Gasteiger partial charge on any atom is 0.235 e. The summed E-state index contributed by atoms with van der Waals surface area (Å²) in [6.45, 7) is 1.58. The number of carbonyl (C=O) groups is 1. The number of aliphatic hydroxyl groups is 1. The summed E-state index contributed by atoms with van der Waals surface area (Å²) < 4.78 is 0. The summed E-state index contributed by atoms with van der Waals surface area (Å²) in [6.07, 6.45) is 1.55. The largest absolute Gasteiger partial charge is 0.396 e.